The maximum atomic E-state index is 13.4. The minimum absolute atomic E-state index is 0.0484. The van der Waals surface area contributed by atoms with E-state index in [4.69, 9.17) is 4.74 Å². The van der Waals surface area contributed by atoms with E-state index in [0.717, 1.165) is 16.9 Å². The van der Waals surface area contributed by atoms with Gasteiger partial charge in [0.25, 0.3) is 0 Å². The van der Waals surface area contributed by atoms with Crippen molar-refractivity contribution in [3.05, 3.63) is 59.7 Å². The number of carbonyl (C=O) groups excluding carboxylic acids is 1. The van der Waals surface area contributed by atoms with E-state index in [1.807, 2.05) is 31.2 Å². The molecule has 170 valence electrons. The Morgan fingerprint density at radius 1 is 1.06 bits per heavy atom. The number of rotatable bonds is 6. The molecule has 0 aromatic heterocycles. The van der Waals surface area contributed by atoms with Crippen LogP contribution in [0.3, 0.4) is 0 Å². The van der Waals surface area contributed by atoms with Gasteiger partial charge in [-0.15, -0.1) is 0 Å². The number of fused-ring (bicyclic) bond motifs is 3. The molecule has 1 N–H and O–H groups in total. The lowest BCUT2D eigenvalue weighted by atomic mass is 9.78. The Labute approximate surface area is 194 Å². The summed E-state index contributed by atoms with van der Waals surface area (Å²) >= 11 is 1.60. The molecule has 1 aliphatic carbocycles. The van der Waals surface area contributed by atoms with Crippen LogP contribution in [0.2, 0.25) is 0 Å². The van der Waals surface area contributed by atoms with E-state index in [1.54, 1.807) is 11.8 Å². The van der Waals surface area contributed by atoms with Gasteiger partial charge in [-0.2, -0.15) is 11.8 Å². The highest BCUT2D eigenvalue weighted by molar-refractivity contribution is 7.99. The average Bonchev–Trinajstić information content (AvgIpc) is 3.08. The highest BCUT2D eigenvalue weighted by Gasteiger charge is 2.52. The first kappa shape index (κ1) is 22.7. The Kier molecular flexibility index (Phi) is 6.26. The van der Waals surface area contributed by atoms with Crippen molar-refractivity contribution in [2.24, 2.45) is 5.41 Å². The molecule has 0 bridgehead atoms. The third-order valence-electron chi connectivity index (χ3n) is 6.52. The predicted octanol–water partition coefficient (Wildman–Crippen LogP) is 5.63. The molecule has 1 atom stereocenters. The molecule has 1 fully saturated rings. The van der Waals surface area contributed by atoms with Crippen molar-refractivity contribution in [1.29, 1.82) is 0 Å². The van der Waals surface area contributed by atoms with Gasteiger partial charge in [-0.3, -0.25) is 4.90 Å². The summed E-state index contributed by atoms with van der Waals surface area (Å²) in [6, 6.07) is 16.4. The zero-order valence-corrected chi connectivity index (χ0v) is 19.8. The van der Waals surface area contributed by atoms with Crippen LogP contribution in [-0.2, 0) is 9.53 Å². The molecule has 2 aromatic carbocycles. The SMILES string of the molecule is CCCN(C(=O)OCC1c2ccccc2-c2ccccc21)C1(C(=O)O)CSCC(C)(C)C1. The first-order chi connectivity index (χ1) is 15.3. The van der Waals surface area contributed by atoms with Crippen LogP contribution in [0, 0.1) is 5.41 Å². The molecule has 32 heavy (non-hydrogen) atoms. The Balaban J connectivity index is 1.59. The lowest BCUT2D eigenvalue weighted by Gasteiger charge is -2.47. The highest BCUT2D eigenvalue weighted by atomic mass is 32.2. The molecule has 1 amide bonds. The molecule has 2 aromatic rings. The van der Waals surface area contributed by atoms with Crippen LogP contribution in [0.4, 0.5) is 4.79 Å². The van der Waals surface area contributed by atoms with E-state index in [2.05, 4.69) is 38.1 Å². The van der Waals surface area contributed by atoms with Crippen LogP contribution in [0.5, 0.6) is 0 Å². The summed E-state index contributed by atoms with van der Waals surface area (Å²) in [7, 11) is 0. The van der Waals surface area contributed by atoms with Crippen molar-refractivity contribution >= 4 is 23.8 Å². The molecule has 2 aliphatic rings. The maximum absolute atomic E-state index is 13.4. The summed E-state index contributed by atoms with van der Waals surface area (Å²) in [5.74, 6) is 0.273. The molecule has 1 heterocycles. The molecule has 0 radical (unpaired) electrons. The van der Waals surface area contributed by atoms with Crippen LogP contribution in [0.15, 0.2) is 48.5 Å². The fraction of sp³-hybridized carbons (Fsp3) is 0.462. The van der Waals surface area contributed by atoms with Gasteiger partial charge in [-0.1, -0.05) is 69.3 Å². The molecule has 5 nitrogen and oxygen atoms in total. The van der Waals surface area contributed by atoms with Gasteiger partial charge in [-0.05, 0) is 46.3 Å². The Morgan fingerprint density at radius 3 is 2.19 bits per heavy atom. The van der Waals surface area contributed by atoms with Gasteiger partial charge in [0.05, 0.1) is 0 Å². The summed E-state index contributed by atoms with van der Waals surface area (Å²) in [5, 5.41) is 10.2. The molecule has 0 spiro atoms. The molecule has 4 rings (SSSR count). The van der Waals surface area contributed by atoms with Gasteiger partial charge >= 0.3 is 12.1 Å². The van der Waals surface area contributed by atoms with E-state index >= 15 is 0 Å². The van der Waals surface area contributed by atoms with E-state index < -0.39 is 17.6 Å². The summed E-state index contributed by atoms with van der Waals surface area (Å²) in [4.78, 5) is 27.4. The van der Waals surface area contributed by atoms with Gasteiger partial charge in [-0.25, -0.2) is 9.59 Å². The van der Waals surface area contributed by atoms with Crippen LogP contribution in [0.25, 0.3) is 11.1 Å². The van der Waals surface area contributed by atoms with Crippen molar-refractivity contribution in [1.82, 2.24) is 4.90 Å². The fourth-order valence-corrected chi connectivity index (χ4v) is 6.67. The molecular formula is C26H31NO4S. The van der Waals surface area contributed by atoms with Crippen molar-refractivity contribution in [2.45, 2.75) is 45.1 Å². The van der Waals surface area contributed by atoms with Crippen molar-refractivity contribution in [3.8, 4) is 11.1 Å². The van der Waals surface area contributed by atoms with E-state index in [0.29, 0.717) is 25.1 Å². The minimum atomic E-state index is -1.25. The number of aliphatic carboxylic acids is 1. The van der Waals surface area contributed by atoms with Gasteiger partial charge in [0, 0.05) is 18.2 Å². The zero-order chi connectivity index (χ0) is 22.9. The summed E-state index contributed by atoms with van der Waals surface area (Å²) < 4.78 is 5.87. The van der Waals surface area contributed by atoms with Crippen LogP contribution >= 0.6 is 11.8 Å². The molecular weight excluding hydrogens is 422 g/mol. The third-order valence-corrected chi connectivity index (χ3v) is 8.19. The molecule has 0 saturated carbocycles. The first-order valence-electron chi connectivity index (χ1n) is 11.2. The topological polar surface area (TPSA) is 66.8 Å². The lowest BCUT2D eigenvalue weighted by molar-refractivity contribution is -0.151. The fourth-order valence-electron chi connectivity index (χ4n) is 5.19. The summed E-state index contributed by atoms with van der Waals surface area (Å²) in [6.45, 7) is 6.65. The Bertz CT molecular complexity index is 975. The third kappa shape index (κ3) is 4.01. The van der Waals surface area contributed by atoms with Gasteiger partial charge < -0.3 is 9.84 Å². The second kappa shape index (κ2) is 8.81. The monoisotopic (exact) mass is 453 g/mol. The number of ether oxygens (including phenoxy) is 1. The largest absolute Gasteiger partial charge is 0.479 e. The normalized spacial score (nSPS) is 21.5. The van der Waals surface area contributed by atoms with Gasteiger partial charge in [0.15, 0.2) is 5.54 Å². The maximum Gasteiger partial charge on any atom is 0.410 e. The summed E-state index contributed by atoms with van der Waals surface area (Å²) in [5.41, 5.74) is 3.21. The van der Waals surface area contributed by atoms with Crippen molar-refractivity contribution < 1.29 is 19.4 Å². The van der Waals surface area contributed by atoms with Crippen LogP contribution < -0.4 is 0 Å². The van der Waals surface area contributed by atoms with Crippen LogP contribution in [0.1, 0.15) is 50.7 Å². The highest BCUT2D eigenvalue weighted by Crippen LogP contribution is 2.45. The molecule has 1 unspecified atom stereocenters. The van der Waals surface area contributed by atoms with Crippen LogP contribution in [-0.4, -0.2) is 52.3 Å². The molecule has 1 aliphatic heterocycles. The van der Waals surface area contributed by atoms with E-state index in [-0.39, 0.29) is 17.9 Å². The summed E-state index contributed by atoms with van der Waals surface area (Å²) in [6.07, 6.45) is 0.561. The second-order valence-corrected chi connectivity index (χ2v) is 10.6. The number of carbonyl (C=O) groups is 2. The Hall–Kier alpha value is -2.47. The lowest BCUT2D eigenvalue weighted by Crippen LogP contribution is -2.62. The molecule has 1 saturated heterocycles. The van der Waals surface area contributed by atoms with E-state index in [1.165, 1.54) is 16.0 Å². The second-order valence-electron chi connectivity index (χ2n) is 9.63. The molecule has 6 heteroatoms. The van der Waals surface area contributed by atoms with Crippen molar-refractivity contribution in [2.75, 3.05) is 24.7 Å². The number of carboxylic acids is 1. The number of hydrogen-bond acceptors (Lipinski definition) is 4. The number of carboxylic acid groups (broad SMARTS) is 1. The van der Waals surface area contributed by atoms with Gasteiger partial charge in [0.1, 0.15) is 6.61 Å². The standard InChI is InChI=1S/C26H31NO4S/c1-4-13-27(26(23(28)29)15-25(2,3)16-32-17-26)24(30)31-14-22-20-11-7-5-9-18(20)19-10-6-8-12-21(19)22/h5-12,22H,4,13-17H2,1-3H3,(H,28,29). The number of thioether (sulfide) groups is 1. The number of benzene rings is 2. The number of nitrogens with zero attached hydrogens (tertiary/aromatic N) is 1. The zero-order valence-electron chi connectivity index (χ0n) is 19.0. The predicted molar refractivity (Wildman–Crippen MR) is 128 cm³/mol. The van der Waals surface area contributed by atoms with Gasteiger partial charge in [0.2, 0.25) is 0 Å². The Morgan fingerprint density at radius 2 is 1.66 bits per heavy atom. The average molecular weight is 454 g/mol. The number of hydrogen-bond donors (Lipinski definition) is 1. The van der Waals surface area contributed by atoms with E-state index in [9.17, 15) is 14.7 Å². The minimum Gasteiger partial charge on any atom is -0.479 e. The quantitative estimate of drug-likeness (QED) is 0.614. The smallest absolute Gasteiger partial charge is 0.410 e. The van der Waals surface area contributed by atoms with Crippen molar-refractivity contribution in [3.63, 3.8) is 0 Å². The first-order valence-corrected chi connectivity index (χ1v) is 12.4. The number of amides is 1.